The van der Waals surface area contributed by atoms with Crippen LogP contribution in [0, 0.1) is 17.2 Å². The van der Waals surface area contributed by atoms with Gasteiger partial charge in [-0.25, -0.2) is 14.0 Å². The normalized spacial score (nSPS) is 20.5. The maximum absolute atomic E-state index is 13.5. The van der Waals surface area contributed by atoms with Gasteiger partial charge in [0, 0.05) is 69.7 Å². The van der Waals surface area contributed by atoms with Crippen LogP contribution in [0.3, 0.4) is 0 Å². The first-order valence-electron chi connectivity index (χ1n) is 20.2. The Bertz CT molecular complexity index is 2630. The van der Waals surface area contributed by atoms with E-state index in [1.165, 1.54) is 0 Å². The van der Waals surface area contributed by atoms with Crippen LogP contribution in [0.15, 0.2) is 65.8 Å². The molecule has 298 valence electrons. The number of hydrogen-bond donors (Lipinski definition) is 2. The molecule has 6 aromatic rings. The molecule has 2 saturated heterocycles. The summed E-state index contributed by atoms with van der Waals surface area (Å²) in [5.41, 5.74) is 7.84. The SMILES string of the molecule is CC(C)Nc1cc(-c2ccc3cc(C#N)cnn23)ncc1-c1cn(C2CCC(CN3CCN(c4cccc5c4n(C)c(=O)n5C4CCC(=O)NC4=O)CC3)CC2)nn1. The maximum atomic E-state index is 13.5. The Balaban J connectivity index is 0.825. The van der Waals surface area contributed by atoms with Crippen LogP contribution in [-0.2, 0) is 16.6 Å². The average Bonchev–Trinajstić information content (AvgIpc) is 3.95. The summed E-state index contributed by atoms with van der Waals surface area (Å²) < 4.78 is 7.04. The van der Waals surface area contributed by atoms with Crippen molar-refractivity contribution < 1.29 is 9.59 Å². The number of para-hydroxylation sites is 1. The van der Waals surface area contributed by atoms with Crippen molar-refractivity contribution in [2.75, 3.05) is 42.9 Å². The lowest BCUT2D eigenvalue weighted by molar-refractivity contribution is -0.135. The summed E-state index contributed by atoms with van der Waals surface area (Å²) in [7, 11) is 1.76. The molecule has 1 aliphatic carbocycles. The lowest BCUT2D eigenvalue weighted by Gasteiger charge is -2.39. The number of nitrogens with one attached hydrogen (secondary N) is 2. The topological polar surface area (TPSA) is 176 Å². The van der Waals surface area contributed by atoms with Gasteiger partial charge in [0.25, 0.3) is 0 Å². The van der Waals surface area contributed by atoms with Crippen LogP contribution >= 0.6 is 0 Å². The summed E-state index contributed by atoms with van der Waals surface area (Å²) in [5.74, 6) is -0.102. The summed E-state index contributed by atoms with van der Waals surface area (Å²) in [6.07, 6.45) is 10.4. The number of piperazine rings is 1. The molecule has 0 bridgehead atoms. The summed E-state index contributed by atoms with van der Waals surface area (Å²) in [5, 5.41) is 29.0. The molecular formula is C42H47N13O3. The number of rotatable bonds is 9. The Labute approximate surface area is 335 Å². The van der Waals surface area contributed by atoms with Crippen molar-refractivity contribution in [1.82, 2.24) is 48.9 Å². The van der Waals surface area contributed by atoms with Crippen LogP contribution in [0.5, 0.6) is 0 Å². The molecule has 2 aliphatic heterocycles. The number of amides is 2. The fraction of sp³-hybridized carbons (Fsp3) is 0.429. The van der Waals surface area contributed by atoms with E-state index >= 15 is 0 Å². The number of carbonyl (C=O) groups excluding carboxylic acids is 2. The smallest absolute Gasteiger partial charge is 0.329 e. The second-order valence-corrected chi connectivity index (χ2v) is 16.2. The van der Waals surface area contributed by atoms with Gasteiger partial charge in [-0.15, -0.1) is 5.10 Å². The third kappa shape index (κ3) is 6.89. The third-order valence-corrected chi connectivity index (χ3v) is 12.0. The highest BCUT2D eigenvalue weighted by Gasteiger charge is 2.33. The molecule has 7 heterocycles. The van der Waals surface area contributed by atoms with Crippen molar-refractivity contribution in [3.05, 3.63) is 77.1 Å². The monoisotopic (exact) mass is 781 g/mol. The highest BCUT2D eigenvalue weighted by molar-refractivity contribution is 6.00. The van der Waals surface area contributed by atoms with E-state index in [0.29, 0.717) is 23.9 Å². The Morgan fingerprint density at radius 3 is 2.53 bits per heavy atom. The van der Waals surface area contributed by atoms with Crippen molar-refractivity contribution in [3.8, 4) is 28.7 Å². The van der Waals surface area contributed by atoms with Gasteiger partial charge < -0.3 is 10.2 Å². The molecule has 1 atom stereocenters. The molecule has 0 radical (unpaired) electrons. The van der Waals surface area contributed by atoms with Gasteiger partial charge in [0.2, 0.25) is 11.8 Å². The van der Waals surface area contributed by atoms with Crippen LogP contribution in [0.1, 0.15) is 70.0 Å². The number of nitriles is 1. The molecule has 1 aromatic carbocycles. The molecule has 1 saturated carbocycles. The summed E-state index contributed by atoms with van der Waals surface area (Å²) in [6, 6.07) is 15.6. The molecule has 16 heteroatoms. The second kappa shape index (κ2) is 15.2. The average molecular weight is 782 g/mol. The zero-order valence-electron chi connectivity index (χ0n) is 33.0. The second-order valence-electron chi connectivity index (χ2n) is 16.2. The fourth-order valence-electron chi connectivity index (χ4n) is 9.09. The first kappa shape index (κ1) is 37.2. The molecule has 0 spiro atoms. The molecule has 1 unspecified atom stereocenters. The van der Waals surface area contributed by atoms with Crippen LogP contribution in [0.2, 0.25) is 0 Å². The quantitative estimate of drug-likeness (QED) is 0.197. The molecule has 2 N–H and O–H groups in total. The van der Waals surface area contributed by atoms with Crippen LogP contribution < -0.4 is 21.2 Å². The Morgan fingerprint density at radius 1 is 0.966 bits per heavy atom. The Hall–Kier alpha value is -6.34. The van der Waals surface area contributed by atoms with Gasteiger partial charge in [-0.05, 0) is 88.3 Å². The van der Waals surface area contributed by atoms with Gasteiger partial charge in [-0.2, -0.15) is 10.4 Å². The highest BCUT2D eigenvalue weighted by atomic mass is 16.2. The maximum Gasteiger partial charge on any atom is 0.329 e. The van der Waals surface area contributed by atoms with E-state index in [4.69, 9.17) is 4.98 Å². The minimum Gasteiger partial charge on any atom is -0.382 e. The minimum absolute atomic E-state index is 0.187. The molecule has 5 aromatic heterocycles. The van der Waals surface area contributed by atoms with Crippen molar-refractivity contribution in [3.63, 3.8) is 0 Å². The van der Waals surface area contributed by atoms with Crippen LogP contribution in [-0.4, -0.2) is 94.2 Å². The van der Waals surface area contributed by atoms with Gasteiger partial charge in [0.15, 0.2) is 0 Å². The van der Waals surface area contributed by atoms with E-state index in [1.54, 1.807) is 26.9 Å². The Kier molecular flexibility index (Phi) is 9.76. The molecule has 3 fully saturated rings. The summed E-state index contributed by atoms with van der Waals surface area (Å²) in [6.45, 7) is 8.83. The van der Waals surface area contributed by atoms with E-state index in [9.17, 15) is 19.6 Å². The number of fused-ring (bicyclic) bond motifs is 2. The van der Waals surface area contributed by atoms with Crippen LogP contribution in [0.25, 0.3) is 39.2 Å². The third-order valence-electron chi connectivity index (χ3n) is 12.0. The highest BCUT2D eigenvalue weighted by Crippen LogP contribution is 2.36. The number of benzene rings is 1. The number of anilines is 2. The molecule has 16 nitrogen and oxygen atoms in total. The number of hydrogen-bond acceptors (Lipinski definition) is 11. The Morgan fingerprint density at radius 2 is 1.78 bits per heavy atom. The number of piperidine rings is 1. The number of aryl methyl sites for hydroxylation is 1. The molecular weight excluding hydrogens is 735 g/mol. The largest absolute Gasteiger partial charge is 0.382 e. The summed E-state index contributed by atoms with van der Waals surface area (Å²) >= 11 is 0. The zero-order chi connectivity index (χ0) is 40.1. The number of imide groups is 1. The van der Waals surface area contributed by atoms with E-state index in [2.05, 4.69) is 68.0 Å². The van der Waals surface area contributed by atoms with Crippen molar-refractivity contribution in [2.45, 2.75) is 70.5 Å². The molecule has 3 aliphatic rings. The van der Waals surface area contributed by atoms with Crippen LogP contribution in [0.4, 0.5) is 11.4 Å². The standard InChI is InChI=1S/C42H47N13O3/c1-26(2)46-32-20-33(35-12-11-30-19-28(21-43)22-45-55(30)35)44-23-31(32)34-25-53(49-48-34)29-9-7-27(8-10-29)24-51-15-17-52(18-16-51)36-5-4-6-37-40(36)50(3)42(58)54(37)38-13-14-39(56)47-41(38)57/h4-6,11-12,19-20,22-23,25-27,29,38H,7-10,13-18,24H2,1-3H3,(H,44,46)(H,47,56,57). The predicted octanol–water partition coefficient (Wildman–Crippen LogP) is 4.53. The van der Waals surface area contributed by atoms with E-state index in [0.717, 1.165) is 109 Å². The first-order chi connectivity index (χ1) is 28.1. The predicted molar refractivity (Wildman–Crippen MR) is 219 cm³/mol. The van der Waals surface area contributed by atoms with E-state index < -0.39 is 11.9 Å². The minimum atomic E-state index is -0.699. The van der Waals surface area contributed by atoms with Gasteiger partial charge in [0.05, 0.1) is 57.6 Å². The first-order valence-corrected chi connectivity index (χ1v) is 20.2. The number of pyridine rings is 1. The van der Waals surface area contributed by atoms with Crippen molar-refractivity contribution in [1.29, 1.82) is 5.26 Å². The van der Waals surface area contributed by atoms with Gasteiger partial charge in [-0.1, -0.05) is 11.3 Å². The van der Waals surface area contributed by atoms with Crippen molar-refractivity contribution >= 4 is 39.7 Å². The number of carbonyl (C=O) groups is 2. The molecule has 58 heavy (non-hydrogen) atoms. The zero-order valence-corrected chi connectivity index (χ0v) is 33.0. The molecule has 9 rings (SSSR count). The lowest BCUT2D eigenvalue weighted by atomic mass is 9.85. The van der Waals surface area contributed by atoms with E-state index in [-0.39, 0.29) is 24.1 Å². The van der Waals surface area contributed by atoms with E-state index in [1.807, 2.05) is 47.3 Å². The lowest BCUT2D eigenvalue weighted by Crippen LogP contribution is -2.48. The van der Waals surface area contributed by atoms with Gasteiger partial charge in [-0.3, -0.25) is 33.9 Å². The van der Waals surface area contributed by atoms with Gasteiger partial charge >= 0.3 is 5.69 Å². The summed E-state index contributed by atoms with van der Waals surface area (Å²) in [4.78, 5) is 47.7. The fourth-order valence-corrected chi connectivity index (χ4v) is 9.09. The number of aromatic nitrogens is 8. The molecule has 2 amide bonds. The van der Waals surface area contributed by atoms with Gasteiger partial charge in [0.1, 0.15) is 17.8 Å². The number of imidazole rings is 1. The number of nitrogens with zero attached hydrogens (tertiary/aromatic N) is 11. The van der Waals surface area contributed by atoms with Crippen molar-refractivity contribution in [2.24, 2.45) is 13.0 Å².